The lowest BCUT2D eigenvalue weighted by Crippen LogP contribution is -2.22. The highest BCUT2D eigenvalue weighted by Crippen LogP contribution is 2.18. The third kappa shape index (κ3) is 2.22. The lowest BCUT2D eigenvalue weighted by molar-refractivity contribution is -0.138. The molecule has 0 saturated carbocycles. The van der Waals surface area contributed by atoms with Crippen LogP contribution in [0.5, 0.6) is 0 Å². The summed E-state index contributed by atoms with van der Waals surface area (Å²) >= 11 is 3.04. The van der Waals surface area contributed by atoms with E-state index in [1.165, 1.54) is 12.3 Å². The molecule has 13 heavy (non-hydrogen) atoms. The van der Waals surface area contributed by atoms with E-state index in [1.54, 1.807) is 0 Å². The van der Waals surface area contributed by atoms with Gasteiger partial charge in [0.25, 0.3) is 0 Å². The topological polar surface area (TPSA) is 76.2 Å². The lowest BCUT2D eigenvalue weighted by atomic mass is 10.1. The van der Waals surface area contributed by atoms with Gasteiger partial charge < -0.3 is 10.8 Å². The highest BCUT2D eigenvalue weighted by molar-refractivity contribution is 9.10. The molecule has 0 aliphatic heterocycles. The molecular weight excluding hydrogens is 243 g/mol. The quantitative estimate of drug-likeness (QED) is 0.768. The molecule has 1 atom stereocenters. The first-order valence-corrected chi connectivity index (χ1v) is 4.11. The van der Waals surface area contributed by atoms with E-state index in [1.807, 2.05) is 0 Å². The number of hydrogen-bond donors (Lipinski definition) is 2. The molecule has 0 aromatic carbocycles. The number of aromatic nitrogens is 1. The van der Waals surface area contributed by atoms with E-state index in [4.69, 9.17) is 10.8 Å². The minimum atomic E-state index is -1.38. The highest BCUT2D eigenvalue weighted by Gasteiger charge is 2.19. The summed E-state index contributed by atoms with van der Waals surface area (Å²) in [5, 5.41) is 8.52. The van der Waals surface area contributed by atoms with Gasteiger partial charge in [-0.3, -0.25) is 4.79 Å². The van der Waals surface area contributed by atoms with Crippen molar-refractivity contribution in [3.63, 3.8) is 0 Å². The third-order valence-electron chi connectivity index (χ3n) is 1.43. The number of carboxylic acid groups (broad SMARTS) is 1. The first-order valence-electron chi connectivity index (χ1n) is 3.31. The maximum atomic E-state index is 12.9. The van der Waals surface area contributed by atoms with Crippen molar-refractivity contribution in [2.45, 2.75) is 6.04 Å². The van der Waals surface area contributed by atoms with Crippen LogP contribution in [0.4, 0.5) is 4.39 Å². The Kier molecular flexibility index (Phi) is 2.94. The fraction of sp³-hybridized carbons (Fsp3) is 0.143. The molecule has 3 N–H and O–H groups in total. The van der Waals surface area contributed by atoms with Crippen LogP contribution >= 0.6 is 15.9 Å². The molecule has 0 amide bonds. The SMILES string of the molecule is N[C@H](C(=O)O)c1cc(Br)cnc1F. The second-order valence-electron chi connectivity index (χ2n) is 2.35. The molecule has 0 aliphatic rings. The van der Waals surface area contributed by atoms with Crippen LogP contribution in [0.3, 0.4) is 0 Å². The predicted molar refractivity (Wildman–Crippen MR) is 46.5 cm³/mol. The molecule has 1 aromatic heterocycles. The molecule has 0 bridgehead atoms. The standard InChI is InChI=1S/C7H6BrFN2O2/c8-3-1-4(5(10)7(12)13)6(9)11-2-3/h1-2,5H,10H2,(H,12,13)/t5-/m0/s1. The van der Waals surface area contributed by atoms with Crippen molar-refractivity contribution < 1.29 is 14.3 Å². The van der Waals surface area contributed by atoms with E-state index in [9.17, 15) is 9.18 Å². The Hall–Kier alpha value is -1.01. The zero-order chi connectivity index (χ0) is 10.0. The Balaban J connectivity index is 3.12. The van der Waals surface area contributed by atoms with Gasteiger partial charge in [0, 0.05) is 16.2 Å². The van der Waals surface area contributed by atoms with Crippen LogP contribution in [-0.4, -0.2) is 16.1 Å². The minimum absolute atomic E-state index is 0.137. The first kappa shape index (κ1) is 10.1. The van der Waals surface area contributed by atoms with E-state index in [0.29, 0.717) is 4.47 Å². The molecule has 0 fully saturated rings. The molecule has 70 valence electrons. The van der Waals surface area contributed by atoms with E-state index in [0.717, 1.165) is 0 Å². The van der Waals surface area contributed by atoms with Gasteiger partial charge in [-0.05, 0) is 22.0 Å². The van der Waals surface area contributed by atoms with Crippen LogP contribution in [0.1, 0.15) is 11.6 Å². The first-order chi connectivity index (χ1) is 6.02. The summed E-state index contributed by atoms with van der Waals surface area (Å²) in [7, 11) is 0. The largest absolute Gasteiger partial charge is 0.480 e. The molecule has 0 saturated heterocycles. The van der Waals surface area contributed by atoms with Crippen LogP contribution in [0.15, 0.2) is 16.7 Å². The Morgan fingerprint density at radius 3 is 2.92 bits per heavy atom. The van der Waals surface area contributed by atoms with Crippen LogP contribution in [-0.2, 0) is 4.79 Å². The zero-order valence-corrected chi connectivity index (χ0v) is 7.95. The summed E-state index contributed by atoms with van der Waals surface area (Å²) < 4.78 is 13.4. The molecule has 1 aromatic rings. The number of nitrogens with zero attached hydrogens (tertiary/aromatic N) is 1. The number of aliphatic carboxylic acids is 1. The maximum absolute atomic E-state index is 12.9. The highest BCUT2D eigenvalue weighted by atomic mass is 79.9. The predicted octanol–water partition coefficient (Wildman–Crippen LogP) is 1.07. The van der Waals surface area contributed by atoms with Gasteiger partial charge in [0.05, 0.1) is 0 Å². The van der Waals surface area contributed by atoms with Crippen LogP contribution in [0.2, 0.25) is 0 Å². The number of nitrogens with two attached hydrogens (primary N) is 1. The van der Waals surface area contributed by atoms with Crippen molar-refractivity contribution in [2.24, 2.45) is 5.73 Å². The average Bonchev–Trinajstić information content (AvgIpc) is 2.08. The second kappa shape index (κ2) is 3.80. The fourth-order valence-corrected chi connectivity index (χ4v) is 1.14. The van der Waals surface area contributed by atoms with Crippen LogP contribution < -0.4 is 5.73 Å². The van der Waals surface area contributed by atoms with Crippen molar-refractivity contribution in [1.29, 1.82) is 0 Å². The van der Waals surface area contributed by atoms with Gasteiger partial charge in [0.2, 0.25) is 5.95 Å². The van der Waals surface area contributed by atoms with Gasteiger partial charge in [-0.25, -0.2) is 4.98 Å². The molecule has 0 aliphatic carbocycles. The van der Waals surface area contributed by atoms with Gasteiger partial charge in [0.1, 0.15) is 6.04 Å². The summed E-state index contributed by atoms with van der Waals surface area (Å²) in [6.45, 7) is 0. The Labute approximate surface area is 81.7 Å². The van der Waals surface area contributed by atoms with Gasteiger partial charge in [-0.15, -0.1) is 0 Å². The van der Waals surface area contributed by atoms with Gasteiger partial charge in [-0.2, -0.15) is 4.39 Å². The Morgan fingerprint density at radius 1 is 1.77 bits per heavy atom. The van der Waals surface area contributed by atoms with Crippen molar-refractivity contribution >= 4 is 21.9 Å². The summed E-state index contributed by atoms with van der Waals surface area (Å²) in [4.78, 5) is 13.8. The number of rotatable bonds is 2. The van der Waals surface area contributed by atoms with Crippen molar-refractivity contribution in [3.05, 3.63) is 28.2 Å². The lowest BCUT2D eigenvalue weighted by Gasteiger charge is -2.06. The second-order valence-corrected chi connectivity index (χ2v) is 3.27. The molecule has 0 spiro atoms. The fourth-order valence-electron chi connectivity index (χ4n) is 0.789. The minimum Gasteiger partial charge on any atom is -0.480 e. The van der Waals surface area contributed by atoms with Crippen molar-refractivity contribution in [3.8, 4) is 0 Å². The number of carboxylic acids is 1. The van der Waals surface area contributed by atoms with E-state index in [-0.39, 0.29) is 5.56 Å². The number of pyridine rings is 1. The van der Waals surface area contributed by atoms with Gasteiger partial charge in [-0.1, -0.05) is 0 Å². The third-order valence-corrected chi connectivity index (χ3v) is 1.87. The molecule has 1 heterocycles. The van der Waals surface area contributed by atoms with Gasteiger partial charge in [0.15, 0.2) is 0 Å². The number of halogens is 2. The van der Waals surface area contributed by atoms with Crippen molar-refractivity contribution in [2.75, 3.05) is 0 Å². The van der Waals surface area contributed by atoms with E-state index >= 15 is 0 Å². The summed E-state index contributed by atoms with van der Waals surface area (Å²) in [6.07, 6.45) is 1.23. The molecular formula is C7H6BrFN2O2. The molecule has 0 radical (unpaired) electrons. The maximum Gasteiger partial charge on any atom is 0.325 e. The monoisotopic (exact) mass is 248 g/mol. The summed E-state index contributed by atoms with van der Waals surface area (Å²) in [6, 6.07) is -0.0915. The normalized spacial score (nSPS) is 12.5. The van der Waals surface area contributed by atoms with E-state index in [2.05, 4.69) is 20.9 Å². The van der Waals surface area contributed by atoms with Crippen molar-refractivity contribution in [1.82, 2.24) is 4.98 Å². The number of hydrogen-bond acceptors (Lipinski definition) is 3. The smallest absolute Gasteiger partial charge is 0.325 e. The molecule has 4 nitrogen and oxygen atoms in total. The molecule has 1 rings (SSSR count). The Bertz CT molecular complexity index is 345. The average molecular weight is 249 g/mol. The summed E-state index contributed by atoms with van der Waals surface area (Å²) in [5.74, 6) is -2.16. The molecule has 6 heteroatoms. The van der Waals surface area contributed by atoms with Crippen LogP contribution in [0, 0.1) is 5.95 Å². The molecule has 0 unspecified atom stereocenters. The number of carbonyl (C=O) groups is 1. The van der Waals surface area contributed by atoms with Gasteiger partial charge >= 0.3 is 5.97 Å². The van der Waals surface area contributed by atoms with Crippen LogP contribution in [0.25, 0.3) is 0 Å². The Morgan fingerprint density at radius 2 is 2.38 bits per heavy atom. The summed E-state index contributed by atoms with van der Waals surface area (Å²) in [5.41, 5.74) is 5.07. The zero-order valence-electron chi connectivity index (χ0n) is 6.37. The van der Waals surface area contributed by atoms with E-state index < -0.39 is 18.0 Å².